The Morgan fingerprint density at radius 2 is 1.60 bits per heavy atom. The fourth-order valence-electron chi connectivity index (χ4n) is 1.78. The lowest BCUT2D eigenvalue weighted by Gasteiger charge is -2.28. The van der Waals surface area contributed by atoms with Crippen LogP contribution < -0.4 is 4.31 Å². The minimum absolute atomic E-state index is 0.0508. The van der Waals surface area contributed by atoms with E-state index in [0.29, 0.717) is 5.56 Å². The van der Waals surface area contributed by atoms with Gasteiger partial charge in [0.25, 0.3) is 0 Å². The molecule has 0 aliphatic rings. The average molecular weight is 309 g/mol. The lowest BCUT2D eigenvalue weighted by atomic mass is 9.85. The number of rotatable bonds is 2. The van der Waals surface area contributed by atoms with Crippen LogP contribution in [0.1, 0.15) is 31.9 Å². The van der Waals surface area contributed by atoms with Gasteiger partial charge in [0.2, 0.25) is 10.0 Å². The molecule has 0 bridgehead atoms. The molecule has 20 heavy (non-hydrogen) atoms. The predicted molar refractivity (Wildman–Crippen MR) is 73.4 cm³/mol. The van der Waals surface area contributed by atoms with Gasteiger partial charge in [0.15, 0.2) is 0 Å². The number of sulfonamides is 1. The van der Waals surface area contributed by atoms with E-state index in [9.17, 15) is 21.6 Å². The number of benzene rings is 1. The molecule has 0 atom stereocenters. The van der Waals surface area contributed by atoms with E-state index in [1.54, 1.807) is 0 Å². The summed E-state index contributed by atoms with van der Waals surface area (Å²) in [5, 5.41) is 0. The largest absolute Gasteiger partial charge is 0.416 e. The first-order chi connectivity index (χ1) is 8.74. The topological polar surface area (TPSA) is 37.4 Å². The summed E-state index contributed by atoms with van der Waals surface area (Å²) in [6.45, 7) is 5.44. The van der Waals surface area contributed by atoms with Crippen molar-refractivity contribution in [1.82, 2.24) is 0 Å². The van der Waals surface area contributed by atoms with Crippen molar-refractivity contribution in [3.8, 4) is 0 Å². The van der Waals surface area contributed by atoms with E-state index >= 15 is 0 Å². The number of hydrogen-bond acceptors (Lipinski definition) is 2. The Bertz CT molecular complexity index is 601. The highest BCUT2D eigenvalue weighted by Crippen LogP contribution is 2.38. The second-order valence-electron chi connectivity index (χ2n) is 5.71. The molecule has 3 nitrogen and oxygen atoms in total. The second-order valence-corrected chi connectivity index (χ2v) is 7.72. The normalized spacial score (nSPS) is 13.4. The van der Waals surface area contributed by atoms with Crippen LogP contribution in [0.5, 0.6) is 0 Å². The van der Waals surface area contributed by atoms with Crippen molar-refractivity contribution in [2.24, 2.45) is 0 Å². The Morgan fingerprint density at radius 3 is 1.95 bits per heavy atom. The molecule has 0 aromatic heterocycles. The minimum Gasteiger partial charge on any atom is -0.273 e. The van der Waals surface area contributed by atoms with Crippen molar-refractivity contribution in [2.75, 3.05) is 17.6 Å². The first kappa shape index (κ1) is 16.8. The summed E-state index contributed by atoms with van der Waals surface area (Å²) >= 11 is 0. The van der Waals surface area contributed by atoms with Crippen LogP contribution >= 0.6 is 0 Å². The summed E-state index contributed by atoms with van der Waals surface area (Å²) in [4.78, 5) is 0. The SMILES string of the molecule is CN(c1cc(C(F)(F)F)ccc1C(C)(C)C)S(C)(=O)=O. The average Bonchev–Trinajstić information content (AvgIpc) is 2.23. The van der Waals surface area contributed by atoms with Gasteiger partial charge in [-0.05, 0) is 23.1 Å². The lowest BCUT2D eigenvalue weighted by Crippen LogP contribution is -2.28. The van der Waals surface area contributed by atoms with Gasteiger partial charge >= 0.3 is 6.18 Å². The maximum atomic E-state index is 12.8. The third kappa shape index (κ3) is 3.65. The molecular formula is C13H18F3NO2S. The first-order valence-electron chi connectivity index (χ1n) is 5.90. The highest BCUT2D eigenvalue weighted by atomic mass is 32.2. The molecule has 0 saturated heterocycles. The van der Waals surface area contributed by atoms with Crippen LogP contribution in [0.15, 0.2) is 18.2 Å². The van der Waals surface area contributed by atoms with E-state index in [2.05, 4.69) is 0 Å². The molecule has 0 radical (unpaired) electrons. The van der Waals surface area contributed by atoms with Crippen LogP contribution in [0, 0.1) is 0 Å². The molecule has 7 heteroatoms. The summed E-state index contributed by atoms with van der Waals surface area (Å²) in [6.07, 6.45) is -3.55. The van der Waals surface area contributed by atoms with Crippen molar-refractivity contribution < 1.29 is 21.6 Å². The van der Waals surface area contributed by atoms with Crippen LogP contribution in [-0.4, -0.2) is 21.7 Å². The van der Waals surface area contributed by atoms with Crippen molar-refractivity contribution in [3.63, 3.8) is 0 Å². The lowest BCUT2D eigenvalue weighted by molar-refractivity contribution is -0.137. The number of nitrogens with zero attached hydrogens (tertiary/aromatic N) is 1. The van der Waals surface area contributed by atoms with Crippen molar-refractivity contribution >= 4 is 15.7 Å². The summed E-state index contributed by atoms with van der Waals surface area (Å²) in [7, 11) is -2.38. The van der Waals surface area contributed by atoms with Gasteiger partial charge in [-0.1, -0.05) is 26.8 Å². The predicted octanol–water partition coefficient (Wildman–Crippen LogP) is 3.40. The molecule has 0 fully saturated rings. The number of hydrogen-bond donors (Lipinski definition) is 0. The fourth-order valence-corrected chi connectivity index (χ4v) is 2.29. The molecule has 0 unspecified atom stereocenters. The van der Waals surface area contributed by atoms with E-state index in [-0.39, 0.29) is 5.69 Å². The van der Waals surface area contributed by atoms with Crippen molar-refractivity contribution in [3.05, 3.63) is 29.3 Å². The third-order valence-corrected chi connectivity index (χ3v) is 4.16. The van der Waals surface area contributed by atoms with Gasteiger partial charge in [0.1, 0.15) is 0 Å². The minimum atomic E-state index is -4.51. The van der Waals surface area contributed by atoms with Gasteiger partial charge < -0.3 is 0 Å². The van der Waals surface area contributed by atoms with Crippen LogP contribution in [-0.2, 0) is 21.6 Å². The van der Waals surface area contributed by atoms with E-state index in [0.717, 1.165) is 22.7 Å². The Labute approximate surface area is 117 Å². The summed E-state index contributed by atoms with van der Waals surface area (Å²) in [5.41, 5.74) is -0.748. The van der Waals surface area contributed by atoms with Crippen molar-refractivity contribution in [2.45, 2.75) is 32.4 Å². The Kier molecular flexibility index (Phi) is 4.16. The third-order valence-electron chi connectivity index (χ3n) is 2.97. The van der Waals surface area contributed by atoms with Crippen LogP contribution in [0.4, 0.5) is 18.9 Å². The van der Waals surface area contributed by atoms with Gasteiger partial charge in [0.05, 0.1) is 17.5 Å². The molecule has 0 saturated carbocycles. The number of alkyl halides is 3. The Hall–Kier alpha value is -1.24. The molecule has 1 aromatic carbocycles. The molecule has 0 amide bonds. The zero-order chi connectivity index (χ0) is 15.9. The second kappa shape index (κ2) is 4.95. The molecule has 0 spiro atoms. The summed E-state index contributed by atoms with van der Waals surface area (Å²) in [6, 6.07) is 3.18. The molecule has 1 aromatic rings. The highest BCUT2D eigenvalue weighted by molar-refractivity contribution is 7.92. The molecule has 0 heterocycles. The fraction of sp³-hybridized carbons (Fsp3) is 0.538. The van der Waals surface area contributed by atoms with E-state index in [4.69, 9.17) is 0 Å². The highest BCUT2D eigenvalue weighted by Gasteiger charge is 2.33. The van der Waals surface area contributed by atoms with Crippen LogP contribution in [0.2, 0.25) is 0 Å². The molecule has 0 N–H and O–H groups in total. The molecule has 0 aliphatic carbocycles. The zero-order valence-corrected chi connectivity index (χ0v) is 12.9. The van der Waals surface area contributed by atoms with Gasteiger partial charge in [-0.2, -0.15) is 13.2 Å². The summed E-state index contributed by atoms with van der Waals surface area (Å²) < 4.78 is 62.5. The van der Waals surface area contributed by atoms with Gasteiger partial charge in [0, 0.05) is 7.05 Å². The van der Waals surface area contributed by atoms with E-state index < -0.39 is 27.2 Å². The molecular weight excluding hydrogens is 291 g/mol. The van der Waals surface area contributed by atoms with Gasteiger partial charge in [-0.15, -0.1) is 0 Å². The maximum Gasteiger partial charge on any atom is 0.416 e. The monoisotopic (exact) mass is 309 g/mol. The van der Waals surface area contributed by atoms with E-state index in [1.165, 1.54) is 13.1 Å². The molecule has 1 rings (SSSR count). The van der Waals surface area contributed by atoms with Gasteiger partial charge in [-0.25, -0.2) is 8.42 Å². The smallest absolute Gasteiger partial charge is 0.273 e. The van der Waals surface area contributed by atoms with Crippen LogP contribution in [0.25, 0.3) is 0 Å². The van der Waals surface area contributed by atoms with Gasteiger partial charge in [-0.3, -0.25) is 4.31 Å². The Balaban J connectivity index is 3.59. The zero-order valence-electron chi connectivity index (χ0n) is 12.0. The molecule has 0 aliphatic heterocycles. The molecule has 114 valence electrons. The van der Waals surface area contributed by atoms with E-state index in [1.807, 2.05) is 20.8 Å². The quantitative estimate of drug-likeness (QED) is 0.839. The maximum absolute atomic E-state index is 12.8. The summed E-state index contributed by atoms with van der Waals surface area (Å²) in [5.74, 6) is 0. The first-order valence-corrected chi connectivity index (χ1v) is 7.75. The number of halogens is 3. The Morgan fingerprint density at radius 1 is 1.10 bits per heavy atom. The number of anilines is 1. The standard InChI is InChI=1S/C13H18F3NO2S/c1-12(2,3)10-7-6-9(13(14,15)16)8-11(10)17(4)20(5,18)19/h6-8H,1-5H3. The van der Waals surface area contributed by atoms with Crippen LogP contribution in [0.3, 0.4) is 0 Å². The van der Waals surface area contributed by atoms with Crippen molar-refractivity contribution in [1.29, 1.82) is 0 Å².